The number of carbonyl (C=O) groups is 2. The minimum absolute atomic E-state index is 0.141. The number of rotatable bonds is 2. The summed E-state index contributed by atoms with van der Waals surface area (Å²) in [5.74, 6) is 0.289. The lowest BCUT2D eigenvalue weighted by Gasteiger charge is -2.07. The van der Waals surface area contributed by atoms with Crippen LogP contribution in [0.3, 0.4) is 0 Å². The van der Waals surface area contributed by atoms with E-state index in [0.717, 1.165) is 56.6 Å². The lowest BCUT2D eigenvalue weighted by molar-refractivity contribution is -0.112. The van der Waals surface area contributed by atoms with Crippen LogP contribution in [0.15, 0.2) is 9.98 Å². The number of carbonyl (C=O) groups excluding carboxylic acids is 2. The van der Waals surface area contributed by atoms with Crippen molar-refractivity contribution < 1.29 is 9.59 Å². The molecule has 0 bridgehead atoms. The van der Waals surface area contributed by atoms with Crippen LogP contribution in [0.4, 0.5) is 0 Å². The molecule has 94 valence electrons. The number of Topliss-reactive ketones (excluding diaryl/α,β-unsaturated/α-hetero) is 2. The van der Waals surface area contributed by atoms with Crippen molar-refractivity contribution in [2.75, 3.05) is 13.1 Å². The first-order valence-corrected chi connectivity index (χ1v) is 6.20. The summed E-state index contributed by atoms with van der Waals surface area (Å²) in [5, 5.41) is 0. The van der Waals surface area contributed by atoms with Crippen molar-refractivity contribution in [3.63, 3.8) is 0 Å². The first-order valence-electron chi connectivity index (χ1n) is 6.20. The molecule has 2 rings (SSSR count). The standard InChI is InChI=1S/C7H11NO.C6H9NO/c1-6(9)7-4-2-3-5-8-7;1-5(8)6-3-2-4-7-6/h2-5H2,1H3;2-4H2,1H3. The Labute approximate surface area is 102 Å². The van der Waals surface area contributed by atoms with Crippen molar-refractivity contribution in [1.82, 2.24) is 0 Å². The lowest BCUT2D eigenvalue weighted by atomic mass is 10.1. The summed E-state index contributed by atoms with van der Waals surface area (Å²) in [4.78, 5) is 29.3. The fourth-order valence-electron chi connectivity index (χ4n) is 1.81. The third-order valence-electron chi connectivity index (χ3n) is 2.81. The van der Waals surface area contributed by atoms with Gasteiger partial charge in [0.25, 0.3) is 0 Å². The fraction of sp³-hybridized carbons (Fsp3) is 0.692. The first kappa shape index (κ1) is 13.7. The van der Waals surface area contributed by atoms with Crippen LogP contribution in [-0.4, -0.2) is 36.1 Å². The second-order valence-corrected chi connectivity index (χ2v) is 4.33. The van der Waals surface area contributed by atoms with Crippen LogP contribution in [0, 0.1) is 0 Å². The van der Waals surface area contributed by atoms with E-state index in [0.29, 0.717) is 0 Å². The van der Waals surface area contributed by atoms with Gasteiger partial charge in [0, 0.05) is 26.9 Å². The summed E-state index contributed by atoms with van der Waals surface area (Å²) in [6.07, 6.45) is 5.15. The van der Waals surface area contributed by atoms with Crippen LogP contribution in [0.5, 0.6) is 0 Å². The molecule has 0 aromatic rings. The van der Waals surface area contributed by atoms with E-state index in [9.17, 15) is 9.59 Å². The van der Waals surface area contributed by atoms with Gasteiger partial charge in [-0.2, -0.15) is 0 Å². The molecule has 0 N–H and O–H groups in total. The molecular formula is C13H20N2O2. The normalized spacial score (nSPS) is 18.7. The molecule has 2 heterocycles. The zero-order chi connectivity index (χ0) is 12.7. The fourth-order valence-corrected chi connectivity index (χ4v) is 1.81. The van der Waals surface area contributed by atoms with Crippen LogP contribution < -0.4 is 0 Å². The van der Waals surface area contributed by atoms with Gasteiger partial charge in [-0.25, -0.2) is 0 Å². The summed E-state index contributed by atoms with van der Waals surface area (Å²) >= 11 is 0. The molecule has 0 amide bonds. The van der Waals surface area contributed by atoms with E-state index >= 15 is 0 Å². The maximum absolute atomic E-state index is 10.7. The summed E-state index contributed by atoms with van der Waals surface area (Å²) in [5.41, 5.74) is 1.58. The minimum Gasteiger partial charge on any atom is -0.293 e. The van der Waals surface area contributed by atoms with E-state index in [-0.39, 0.29) is 11.6 Å². The first-order chi connectivity index (χ1) is 8.11. The van der Waals surface area contributed by atoms with Gasteiger partial charge in [-0.15, -0.1) is 0 Å². The Bertz CT molecular complexity index is 356. The highest BCUT2D eigenvalue weighted by Gasteiger charge is 2.09. The van der Waals surface area contributed by atoms with Crippen LogP contribution >= 0.6 is 0 Å². The van der Waals surface area contributed by atoms with Crippen molar-refractivity contribution in [1.29, 1.82) is 0 Å². The Morgan fingerprint density at radius 3 is 1.53 bits per heavy atom. The van der Waals surface area contributed by atoms with Crippen molar-refractivity contribution in [3.8, 4) is 0 Å². The van der Waals surface area contributed by atoms with E-state index in [1.54, 1.807) is 13.8 Å². The van der Waals surface area contributed by atoms with E-state index in [2.05, 4.69) is 9.98 Å². The van der Waals surface area contributed by atoms with Crippen molar-refractivity contribution >= 4 is 23.0 Å². The molecule has 0 aromatic carbocycles. The smallest absolute Gasteiger partial charge is 0.173 e. The van der Waals surface area contributed by atoms with Gasteiger partial charge in [-0.05, 0) is 32.1 Å². The molecule has 0 atom stereocenters. The topological polar surface area (TPSA) is 58.9 Å². The molecule has 17 heavy (non-hydrogen) atoms. The number of aliphatic imine (C=N–C) groups is 2. The summed E-state index contributed by atoms with van der Waals surface area (Å²) in [7, 11) is 0. The van der Waals surface area contributed by atoms with Gasteiger partial charge in [0.15, 0.2) is 11.6 Å². The van der Waals surface area contributed by atoms with Gasteiger partial charge < -0.3 is 0 Å². The molecule has 0 aliphatic carbocycles. The number of nitrogens with zero attached hydrogens (tertiary/aromatic N) is 2. The third-order valence-corrected chi connectivity index (χ3v) is 2.81. The molecule has 4 nitrogen and oxygen atoms in total. The Morgan fingerprint density at radius 1 is 0.824 bits per heavy atom. The Kier molecular flexibility index (Phi) is 5.73. The average molecular weight is 236 g/mol. The van der Waals surface area contributed by atoms with E-state index in [1.807, 2.05) is 0 Å². The number of ketones is 2. The maximum atomic E-state index is 10.7. The molecule has 0 saturated heterocycles. The van der Waals surface area contributed by atoms with Gasteiger partial charge in [0.1, 0.15) is 0 Å². The Balaban J connectivity index is 0.000000171. The SMILES string of the molecule is CC(=O)C1=NCCC1.CC(=O)C1=NCCCC1. The quantitative estimate of drug-likeness (QED) is 0.736. The van der Waals surface area contributed by atoms with Crippen LogP contribution in [-0.2, 0) is 9.59 Å². The highest BCUT2D eigenvalue weighted by atomic mass is 16.1. The van der Waals surface area contributed by atoms with Gasteiger partial charge in [-0.1, -0.05) is 0 Å². The van der Waals surface area contributed by atoms with Gasteiger partial charge >= 0.3 is 0 Å². The summed E-state index contributed by atoms with van der Waals surface area (Å²) < 4.78 is 0. The number of hydrogen-bond acceptors (Lipinski definition) is 4. The summed E-state index contributed by atoms with van der Waals surface area (Å²) in [6.45, 7) is 4.87. The van der Waals surface area contributed by atoms with Crippen LogP contribution in [0.2, 0.25) is 0 Å². The average Bonchev–Trinajstić information content (AvgIpc) is 2.84. The van der Waals surface area contributed by atoms with E-state index < -0.39 is 0 Å². The van der Waals surface area contributed by atoms with Crippen LogP contribution in [0.1, 0.15) is 46.0 Å². The highest BCUT2D eigenvalue weighted by Crippen LogP contribution is 2.05. The molecule has 4 heteroatoms. The molecule has 2 aliphatic rings. The molecule has 0 radical (unpaired) electrons. The van der Waals surface area contributed by atoms with Crippen LogP contribution in [0.25, 0.3) is 0 Å². The summed E-state index contributed by atoms with van der Waals surface area (Å²) in [6, 6.07) is 0. The molecule has 0 fully saturated rings. The predicted octanol–water partition coefficient (Wildman–Crippen LogP) is 2.01. The largest absolute Gasteiger partial charge is 0.293 e. The third kappa shape index (κ3) is 5.02. The maximum Gasteiger partial charge on any atom is 0.173 e. The second-order valence-electron chi connectivity index (χ2n) is 4.33. The molecule has 0 saturated carbocycles. The van der Waals surface area contributed by atoms with Gasteiger partial charge in [-0.3, -0.25) is 19.6 Å². The minimum atomic E-state index is 0.141. The zero-order valence-corrected chi connectivity index (χ0v) is 10.7. The molecule has 0 unspecified atom stereocenters. The van der Waals surface area contributed by atoms with Gasteiger partial charge in [0.2, 0.25) is 0 Å². The molecular weight excluding hydrogens is 216 g/mol. The lowest BCUT2D eigenvalue weighted by Crippen LogP contribution is -2.14. The van der Waals surface area contributed by atoms with E-state index in [1.165, 1.54) is 0 Å². The Hall–Kier alpha value is -1.32. The van der Waals surface area contributed by atoms with Crippen molar-refractivity contribution in [2.24, 2.45) is 9.98 Å². The monoisotopic (exact) mass is 236 g/mol. The zero-order valence-electron chi connectivity index (χ0n) is 10.7. The molecule has 0 spiro atoms. The Morgan fingerprint density at radius 2 is 1.29 bits per heavy atom. The second kappa shape index (κ2) is 7.09. The van der Waals surface area contributed by atoms with Crippen molar-refractivity contribution in [3.05, 3.63) is 0 Å². The van der Waals surface area contributed by atoms with Gasteiger partial charge in [0.05, 0.1) is 11.4 Å². The highest BCUT2D eigenvalue weighted by molar-refractivity contribution is 6.39. The van der Waals surface area contributed by atoms with E-state index in [4.69, 9.17) is 0 Å². The predicted molar refractivity (Wildman–Crippen MR) is 69.1 cm³/mol. The van der Waals surface area contributed by atoms with Crippen molar-refractivity contribution in [2.45, 2.75) is 46.0 Å². The molecule has 0 aromatic heterocycles. The number of hydrogen-bond donors (Lipinski definition) is 0. The molecule has 2 aliphatic heterocycles.